The minimum atomic E-state index is -1.56. The summed E-state index contributed by atoms with van der Waals surface area (Å²) in [5, 5.41) is 0. The fraction of sp³-hybridized carbons (Fsp3) is 0.146. The fourth-order valence-corrected chi connectivity index (χ4v) is 9.34. The van der Waals surface area contributed by atoms with Gasteiger partial charge in [-0.1, -0.05) is 88.7 Å². The van der Waals surface area contributed by atoms with Crippen LogP contribution in [0.25, 0.3) is 11.1 Å². The van der Waals surface area contributed by atoms with Crippen molar-refractivity contribution in [2.45, 2.75) is 10.8 Å². The van der Waals surface area contributed by atoms with E-state index in [-0.39, 0.29) is 19.4 Å². The molecule has 1 saturated carbocycles. The molecular weight excluding hydrogens is 698 g/mol. The van der Waals surface area contributed by atoms with Crippen molar-refractivity contribution in [1.82, 2.24) is 0 Å². The SMILES string of the molecule is O=C1[C@@H]2[C@H](C(=O)N1c1ccc(Br)cc1)[C@@]1(c3ccccc3)C(=O)[C@@]2(c2ccccc2)C(c2ccc3c(c2)OCO3)=C1c1ccc2c(c1)OCO2. The molecule has 2 fully saturated rings. The first-order valence-corrected chi connectivity index (χ1v) is 17.1. The Labute approximate surface area is 295 Å². The minimum Gasteiger partial charge on any atom is -0.454 e. The van der Waals surface area contributed by atoms with Crippen LogP contribution >= 0.6 is 15.9 Å². The normalized spacial score (nSPS) is 25.5. The van der Waals surface area contributed by atoms with E-state index in [2.05, 4.69) is 15.9 Å². The molecule has 0 aromatic heterocycles. The van der Waals surface area contributed by atoms with Gasteiger partial charge < -0.3 is 18.9 Å². The van der Waals surface area contributed by atoms with E-state index in [4.69, 9.17) is 18.9 Å². The van der Waals surface area contributed by atoms with E-state index in [0.29, 0.717) is 62.1 Å². The van der Waals surface area contributed by atoms with E-state index in [9.17, 15) is 0 Å². The summed E-state index contributed by atoms with van der Waals surface area (Å²) in [6.07, 6.45) is 0. The largest absolute Gasteiger partial charge is 0.454 e. The maximum absolute atomic E-state index is 16.2. The van der Waals surface area contributed by atoms with E-state index in [1.165, 1.54) is 4.90 Å². The van der Waals surface area contributed by atoms with Crippen molar-refractivity contribution < 1.29 is 33.3 Å². The number of anilines is 1. The van der Waals surface area contributed by atoms with Crippen molar-refractivity contribution in [3.63, 3.8) is 0 Å². The number of hydrogen-bond acceptors (Lipinski definition) is 7. The van der Waals surface area contributed by atoms with E-state index < -0.39 is 34.5 Å². The highest BCUT2D eigenvalue weighted by Gasteiger charge is 2.82. The lowest BCUT2D eigenvalue weighted by Gasteiger charge is -2.39. The minimum absolute atomic E-state index is 0.0728. The highest BCUT2D eigenvalue weighted by Crippen LogP contribution is 2.74. The molecule has 4 atom stereocenters. The van der Waals surface area contributed by atoms with E-state index in [1.807, 2.05) is 97.1 Å². The zero-order valence-corrected chi connectivity index (χ0v) is 27.9. The second-order valence-electron chi connectivity index (χ2n) is 13.0. The Hall–Kier alpha value is -5.67. The predicted molar refractivity (Wildman–Crippen MR) is 187 cm³/mol. The summed E-state index contributed by atoms with van der Waals surface area (Å²) in [6, 6.07) is 37.2. The summed E-state index contributed by atoms with van der Waals surface area (Å²) in [5.41, 5.74) is 1.29. The summed E-state index contributed by atoms with van der Waals surface area (Å²) in [7, 11) is 0. The number of fused-ring (bicyclic) bond motifs is 7. The Bertz CT molecular complexity index is 2180. The number of Topliss-reactive ketones (excluding diaryl/α,β-unsaturated/α-hetero) is 1. The van der Waals surface area contributed by atoms with E-state index in [0.717, 1.165) is 4.47 Å². The molecule has 50 heavy (non-hydrogen) atoms. The van der Waals surface area contributed by atoms with Crippen LogP contribution in [-0.4, -0.2) is 31.2 Å². The lowest BCUT2D eigenvalue weighted by Crippen LogP contribution is -2.45. The molecule has 2 amide bonds. The van der Waals surface area contributed by atoms with Crippen LogP contribution in [0.4, 0.5) is 5.69 Å². The summed E-state index contributed by atoms with van der Waals surface area (Å²) in [4.78, 5) is 47.8. The summed E-state index contributed by atoms with van der Waals surface area (Å²) >= 11 is 3.48. The van der Waals surface area contributed by atoms with Gasteiger partial charge in [-0.2, -0.15) is 0 Å². The van der Waals surface area contributed by atoms with Crippen LogP contribution in [0.3, 0.4) is 0 Å². The monoisotopic (exact) mass is 723 g/mol. The number of nitrogens with zero attached hydrogens (tertiary/aromatic N) is 1. The van der Waals surface area contributed by atoms with Crippen LogP contribution in [0, 0.1) is 11.8 Å². The Kier molecular flexibility index (Phi) is 6.10. The number of halogens is 1. The molecule has 2 bridgehead atoms. The summed E-state index contributed by atoms with van der Waals surface area (Å²) in [5.74, 6) is -0.893. The molecule has 5 aliphatic rings. The van der Waals surface area contributed by atoms with Crippen molar-refractivity contribution in [2.75, 3.05) is 18.5 Å². The second-order valence-corrected chi connectivity index (χ2v) is 13.9. The first kappa shape index (κ1) is 29.3. The zero-order chi connectivity index (χ0) is 33.8. The standard InChI is InChI=1S/C41H26BrNO7/c42-27-13-15-28(16-14-27)43-37(44)35-36(38(43)45)41(26-9-5-2-6-10-26)34(24-12-18-30-32(20-24)50-22-48-30)33(23-11-17-29-31(19-23)49-21-47-29)40(35,39(41)46)25-7-3-1-4-8-25/h1-20,35-36H,21-22H2/t35-,36+,40-,41-/m0/s1. The smallest absolute Gasteiger partial charge is 0.239 e. The first-order valence-electron chi connectivity index (χ1n) is 16.3. The Morgan fingerprint density at radius 1 is 0.540 bits per heavy atom. The molecule has 10 rings (SSSR count). The number of allylic oxidation sites excluding steroid dienone is 2. The van der Waals surface area contributed by atoms with Crippen LogP contribution in [0.5, 0.6) is 23.0 Å². The topological polar surface area (TPSA) is 91.4 Å². The van der Waals surface area contributed by atoms with Gasteiger partial charge in [0.2, 0.25) is 25.4 Å². The van der Waals surface area contributed by atoms with Crippen LogP contribution < -0.4 is 23.8 Å². The van der Waals surface area contributed by atoms with E-state index >= 15 is 14.4 Å². The van der Waals surface area contributed by atoms with Crippen LogP contribution in [0.1, 0.15) is 22.3 Å². The van der Waals surface area contributed by atoms with Gasteiger partial charge in [-0.15, -0.1) is 0 Å². The maximum atomic E-state index is 16.2. The van der Waals surface area contributed by atoms with Crippen LogP contribution in [-0.2, 0) is 25.2 Å². The molecule has 0 spiro atoms. The van der Waals surface area contributed by atoms with Crippen molar-refractivity contribution in [3.8, 4) is 23.0 Å². The molecule has 3 aliphatic heterocycles. The number of benzene rings is 5. The number of amides is 2. The van der Waals surface area contributed by atoms with Crippen LogP contribution in [0.2, 0.25) is 0 Å². The van der Waals surface area contributed by atoms with Gasteiger partial charge in [0.25, 0.3) is 0 Å². The summed E-state index contributed by atoms with van der Waals surface area (Å²) in [6.45, 7) is 0.146. The van der Waals surface area contributed by atoms with Gasteiger partial charge in [-0.25, -0.2) is 4.90 Å². The molecule has 9 heteroatoms. The maximum Gasteiger partial charge on any atom is 0.239 e. The number of hydrogen-bond donors (Lipinski definition) is 0. The number of rotatable bonds is 5. The van der Waals surface area contributed by atoms with Gasteiger partial charge in [0.15, 0.2) is 28.8 Å². The third-order valence-electron chi connectivity index (χ3n) is 10.9. The molecule has 0 N–H and O–H groups in total. The molecule has 0 radical (unpaired) electrons. The lowest BCUT2D eigenvalue weighted by atomic mass is 9.59. The van der Waals surface area contributed by atoms with Gasteiger partial charge in [-0.05, 0) is 81.9 Å². The van der Waals surface area contributed by atoms with Gasteiger partial charge in [0, 0.05) is 4.47 Å². The van der Waals surface area contributed by atoms with Crippen molar-refractivity contribution in [2.24, 2.45) is 11.8 Å². The number of imide groups is 1. The number of ether oxygens (including phenoxy) is 4. The third-order valence-corrected chi connectivity index (χ3v) is 11.4. The molecule has 3 heterocycles. The molecule has 5 aromatic rings. The Balaban J connectivity index is 1.37. The quantitative estimate of drug-likeness (QED) is 0.179. The fourth-order valence-electron chi connectivity index (χ4n) is 9.07. The number of ketones is 1. The Morgan fingerprint density at radius 3 is 1.44 bits per heavy atom. The zero-order valence-electron chi connectivity index (χ0n) is 26.3. The number of carbonyl (C=O) groups is 3. The number of carbonyl (C=O) groups excluding carboxylic acids is 3. The second kappa shape index (κ2) is 10.4. The average Bonchev–Trinajstić information content (AvgIpc) is 3.96. The summed E-state index contributed by atoms with van der Waals surface area (Å²) < 4.78 is 23.9. The van der Waals surface area contributed by atoms with E-state index in [1.54, 1.807) is 24.3 Å². The van der Waals surface area contributed by atoms with Gasteiger partial charge in [0.05, 0.1) is 28.4 Å². The molecule has 244 valence electrons. The lowest BCUT2D eigenvalue weighted by molar-refractivity contribution is -0.130. The highest BCUT2D eigenvalue weighted by molar-refractivity contribution is 9.10. The molecule has 2 aliphatic carbocycles. The Morgan fingerprint density at radius 2 is 0.980 bits per heavy atom. The molecule has 5 aromatic carbocycles. The molecule has 8 nitrogen and oxygen atoms in total. The molecular formula is C41H26BrNO7. The van der Waals surface area contributed by atoms with Gasteiger partial charge in [0.1, 0.15) is 0 Å². The van der Waals surface area contributed by atoms with Gasteiger partial charge in [-0.3, -0.25) is 14.4 Å². The average molecular weight is 725 g/mol. The van der Waals surface area contributed by atoms with Crippen molar-refractivity contribution >= 4 is 50.4 Å². The van der Waals surface area contributed by atoms with Crippen LogP contribution in [0.15, 0.2) is 126 Å². The van der Waals surface area contributed by atoms with Crippen molar-refractivity contribution in [3.05, 3.63) is 148 Å². The predicted octanol–water partition coefficient (Wildman–Crippen LogP) is 7.10. The highest BCUT2D eigenvalue weighted by atomic mass is 79.9. The first-order chi connectivity index (χ1) is 24.5. The molecule has 0 unspecified atom stereocenters. The van der Waals surface area contributed by atoms with Crippen molar-refractivity contribution in [1.29, 1.82) is 0 Å². The van der Waals surface area contributed by atoms with Gasteiger partial charge >= 0.3 is 0 Å². The molecule has 1 saturated heterocycles. The third kappa shape index (κ3) is 3.57.